The van der Waals surface area contributed by atoms with Crippen LogP contribution in [0.4, 0.5) is 5.00 Å². The first-order chi connectivity index (χ1) is 14.5. The van der Waals surface area contributed by atoms with Crippen LogP contribution in [0, 0.1) is 16.7 Å². The molecule has 0 fully saturated rings. The number of thiophene rings is 1. The average molecular weight is 447 g/mol. The molecule has 0 radical (unpaired) electrons. The molecule has 1 aliphatic rings. The number of rotatable bonds is 7. The smallest absolute Gasteiger partial charge is 0.348 e. The number of fused-ring (bicyclic) bond motifs is 1. The van der Waals surface area contributed by atoms with Crippen molar-refractivity contribution in [1.82, 2.24) is 0 Å². The zero-order chi connectivity index (χ0) is 23.3. The van der Waals surface area contributed by atoms with Gasteiger partial charge in [-0.2, -0.15) is 5.26 Å². The Morgan fingerprint density at radius 2 is 1.81 bits per heavy atom. The fraction of sp³-hybridized carbons (Fsp3) is 0.500. The van der Waals surface area contributed by atoms with Crippen molar-refractivity contribution < 1.29 is 28.7 Å². The van der Waals surface area contributed by atoms with Crippen LogP contribution in [0.5, 0.6) is 0 Å². The van der Waals surface area contributed by atoms with E-state index in [1.165, 1.54) is 6.92 Å². The summed E-state index contributed by atoms with van der Waals surface area (Å²) in [4.78, 5) is 50.2. The summed E-state index contributed by atoms with van der Waals surface area (Å²) < 4.78 is 10.00. The predicted molar refractivity (Wildman–Crippen MR) is 115 cm³/mol. The summed E-state index contributed by atoms with van der Waals surface area (Å²) in [6.45, 7) is 8.95. The Bertz CT molecular complexity index is 996. The largest absolute Gasteiger partial charge is 0.462 e. The van der Waals surface area contributed by atoms with Crippen LogP contribution < -0.4 is 5.32 Å². The Balaban J connectivity index is 2.38. The van der Waals surface area contributed by atoms with Gasteiger partial charge in [-0.05, 0) is 43.7 Å². The maximum atomic E-state index is 12.6. The molecule has 1 amide bonds. The number of ketones is 1. The summed E-state index contributed by atoms with van der Waals surface area (Å²) in [6.07, 6.45) is 0.615. The molecule has 1 aromatic heterocycles. The monoisotopic (exact) mass is 446 g/mol. The third kappa shape index (κ3) is 5.58. The van der Waals surface area contributed by atoms with Gasteiger partial charge in [-0.1, -0.05) is 13.8 Å². The highest BCUT2D eigenvalue weighted by molar-refractivity contribution is 7.18. The van der Waals surface area contributed by atoms with Gasteiger partial charge in [0.05, 0.1) is 23.7 Å². The average Bonchev–Trinajstić information content (AvgIpc) is 2.99. The summed E-state index contributed by atoms with van der Waals surface area (Å²) in [5, 5.41) is 12.1. The fourth-order valence-electron chi connectivity index (χ4n) is 3.44. The molecule has 0 aliphatic heterocycles. The third-order valence-electron chi connectivity index (χ3n) is 4.73. The molecule has 0 unspecified atom stereocenters. The van der Waals surface area contributed by atoms with E-state index in [0.29, 0.717) is 23.3 Å². The Morgan fingerprint density at radius 3 is 2.39 bits per heavy atom. The van der Waals surface area contributed by atoms with Gasteiger partial charge in [-0.3, -0.25) is 9.59 Å². The summed E-state index contributed by atoms with van der Waals surface area (Å²) in [5.41, 5.74) is 0.494. The minimum atomic E-state index is -0.790. The molecule has 0 saturated carbocycles. The molecule has 2 rings (SSSR count). The molecule has 1 heterocycles. The summed E-state index contributed by atoms with van der Waals surface area (Å²) in [6, 6.07) is 1.77. The van der Waals surface area contributed by atoms with Crippen molar-refractivity contribution in [2.75, 3.05) is 18.5 Å². The van der Waals surface area contributed by atoms with E-state index in [9.17, 15) is 24.4 Å². The number of Topliss-reactive ketones (excluding diaryl/α,β-unsaturated/α-hetero) is 1. The van der Waals surface area contributed by atoms with Gasteiger partial charge >= 0.3 is 11.9 Å². The summed E-state index contributed by atoms with van der Waals surface area (Å²) in [7, 11) is 0. The van der Waals surface area contributed by atoms with Gasteiger partial charge in [0.15, 0.2) is 5.78 Å². The number of carbonyl (C=O) groups excluding carboxylic acids is 4. The van der Waals surface area contributed by atoms with Gasteiger partial charge in [-0.15, -0.1) is 11.3 Å². The molecular formula is C22H26N2O6S. The number of hydrogen-bond acceptors (Lipinski definition) is 8. The van der Waals surface area contributed by atoms with Gasteiger partial charge in [0.2, 0.25) is 5.91 Å². The lowest BCUT2D eigenvalue weighted by Crippen LogP contribution is -2.27. The van der Waals surface area contributed by atoms with Crippen molar-refractivity contribution in [3.8, 4) is 6.07 Å². The fourth-order valence-corrected chi connectivity index (χ4v) is 4.60. The highest BCUT2D eigenvalue weighted by Gasteiger charge is 2.38. The second-order valence-electron chi connectivity index (χ2n) is 7.99. The second kappa shape index (κ2) is 9.88. The number of amides is 1. The highest BCUT2D eigenvalue weighted by Crippen LogP contribution is 2.44. The zero-order valence-electron chi connectivity index (χ0n) is 18.3. The van der Waals surface area contributed by atoms with Crippen molar-refractivity contribution in [1.29, 1.82) is 5.26 Å². The van der Waals surface area contributed by atoms with E-state index >= 15 is 0 Å². The minimum Gasteiger partial charge on any atom is -0.462 e. The number of ether oxygens (including phenoxy) is 2. The van der Waals surface area contributed by atoms with Crippen LogP contribution >= 0.6 is 11.3 Å². The molecule has 1 aliphatic carbocycles. The lowest BCUT2D eigenvalue weighted by molar-refractivity contribution is -0.138. The molecule has 0 atom stereocenters. The van der Waals surface area contributed by atoms with Crippen molar-refractivity contribution in [3.05, 3.63) is 27.2 Å². The quantitative estimate of drug-likeness (QED) is 0.384. The van der Waals surface area contributed by atoms with E-state index in [1.54, 1.807) is 19.9 Å². The van der Waals surface area contributed by atoms with E-state index < -0.39 is 17.8 Å². The second-order valence-corrected chi connectivity index (χ2v) is 9.01. The number of nitrogens with zero attached hydrogens (tertiary/aromatic N) is 1. The van der Waals surface area contributed by atoms with Crippen LogP contribution in [-0.2, 0) is 25.5 Å². The molecule has 166 valence electrons. The van der Waals surface area contributed by atoms with Gasteiger partial charge in [0.1, 0.15) is 16.6 Å². The number of hydrogen-bond donors (Lipinski definition) is 1. The lowest BCUT2D eigenvalue weighted by atomic mass is 9.75. The number of carbonyl (C=O) groups is 4. The SMILES string of the molecule is CCOC(=O)/C(C#N)=C(\C)CC(=O)Nc1sc2c(c1C(=O)OCC)CC(C)(C)CC2=O. The normalized spacial score (nSPS) is 15.3. The minimum absolute atomic E-state index is 0.0764. The van der Waals surface area contributed by atoms with Crippen molar-refractivity contribution in [3.63, 3.8) is 0 Å². The Morgan fingerprint density at radius 1 is 1.16 bits per heavy atom. The van der Waals surface area contributed by atoms with Crippen molar-refractivity contribution in [2.24, 2.45) is 5.41 Å². The van der Waals surface area contributed by atoms with Gasteiger partial charge < -0.3 is 14.8 Å². The zero-order valence-corrected chi connectivity index (χ0v) is 19.2. The van der Waals surface area contributed by atoms with E-state index in [1.807, 2.05) is 13.8 Å². The van der Waals surface area contributed by atoms with Gasteiger partial charge in [0.25, 0.3) is 0 Å². The van der Waals surface area contributed by atoms with Gasteiger partial charge in [0, 0.05) is 12.8 Å². The molecule has 31 heavy (non-hydrogen) atoms. The molecule has 8 nitrogen and oxygen atoms in total. The lowest BCUT2D eigenvalue weighted by Gasteiger charge is -2.28. The maximum Gasteiger partial charge on any atom is 0.348 e. The topological polar surface area (TPSA) is 123 Å². The van der Waals surface area contributed by atoms with Crippen LogP contribution in [0.2, 0.25) is 0 Å². The Hall–Kier alpha value is -2.99. The van der Waals surface area contributed by atoms with E-state index in [-0.39, 0.29) is 52.5 Å². The molecular weight excluding hydrogens is 420 g/mol. The van der Waals surface area contributed by atoms with Crippen molar-refractivity contribution >= 4 is 40.0 Å². The first-order valence-electron chi connectivity index (χ1n) is 9.97. The van der Waals surface area contributed by atoms with Gasteiger partial charge in [-0.25, -0.2) is 9.59 Å². The molecule has 1 N–H and O–H groups in total. The van der Waals surface area contributed by atoms with E-state index in [0.717, 1.165) is 11.3 Å². The van der Waals surface area contributed by atoms with E-state index in [2.05, 4.69) is 5.32 Å². The molecule has 1 aromatic rings. The standard InChI is InChI=1S/C22H26N2O6S/c1-6-29-20(27)14(11-23)12(3)8-16(26)24-19-17(21(28)30-7-2)13-9-22(4,5)10-15(25)18(13)31-19/h6-10H2,1-5H3,(H,24,26)/b14-12+. The summed E-state index contributed by atoms with van der Waals surface area (Å²) >= 11 is 1.05. The molecule has 9 heteroatoms. The predicted octanol–water partition coefficient (Wildman–Crippen LogP) is 3.81. The highest BCUT2D eigenvalue weighted by atomic mass is 32.1. The van der Waals surface area contributed by atoms with Crippen LogP contribution in [0.3, 0.4) is 0 Å². The van der Waals surface area contributed by atoms with Crippen LogP contribution in [-0.4, -0.2) is 36.8 Å². The first-order valence-corrected chi connectivity index (χ1v) is 10.8. The summed E-state index contributed by atoms with van der Waals surface area (Å²) in [5.74, 6) is -1.99. The third-order valence-corrected chi connectivity index (χ3v) is 5.92. The maximum absolute atomic E-state index is 12.6. The van der Waals surface area contributed by atoms with Crippen LogP contribution in [0.15, 0.2) is 11.1 Å². The van der Waals surface area contributed by atoms with Crippen molar-refractivity contribution in [2.45, 2.75) is 53.9 Å². The number of esters is 2. The van der Waals surface area contributed by atoms with Crippen LogP contribution in [0.1, 0.15) is 73.1 Å². The number of nitrogens with one attached hydrogen (secondary N) is 1. The number of anilines is 1. The Labute approximate surface area is 185 Å². The van der Waals surface area contributed by atoms with Crippen LogP contribution in [0.25, 0.3) is 0 Å². The molecule has 0 aromatic carbocycles. The number of nitriles is 1. The Kier molecular flexibility index (Phi) is 7.74. The van der Waals surface area contributed by atoms with E-state index in [4.69, 9.17) is 9.47 Å². The molecule has 0 saturated heterocycles. The first kappa shape index (κ1) is 24.3. The molecule has 0 bridgehead atoms. The molecule has 0 spiro atoms.